The Kier molecular flexibility index (Phi) is 5.01. The molecule has 1 aliphatic rings. The minimum absolute atomic E-state index is 0.0438. The van der Waals surface area contributed by atoms with Gasteiger partial charge < -0.3 is 4.74 Å². The van der Waals surface area contributed by atoms with E-state index in [4.69, 9.17) is 16.3 Å². The molecule has 0 saturated carbocycles. The lowest BCUT2D eigenvalue weighted by molar-refractivity contribution is -0.132. The summed E-state index contributed by atoms with van der Waals surface area (Å²) in [5.74, 6) is 0.623. The van der Waals surface area contributed by atoms with E-state index in [-0.39, 0.29) is 11.9 Å². The molecule has 1 atom stereocenters. The molecule has 142 valence electrons. The van der Waals surface area contributed by atoms with Crippen LogP contribution in [0.5, 0.6) is 5.75 Å². The van der Waals surface area contributed by atoms with Gasteiger partial charge in [-0.1, -0.05) is 61.0 Å². The first-order valence-electron chi connectivity index (χ1n) is 9.20. The van der Waals surface area contributed by atoms with E-state index < -0.39 is 0 Å². The summed E-state index contributed by atoms with van der Waals surface area (Å²) in [4.78, 5) is 17.1. The van der Waals surface area contributed by atoms with Crippen molar-refractivity contribution in [2.24, 2.45) is 5.10 Å². The number of halogens is 1. The van der Waals surface area contributed by atoms with E-state index in [0.29, 0.717) is 29.3 Å². The maximum absolute atomic E-state index is 12.6. The number of pyridine rings is 1. The summed E-state index contributed by atoms with van der Waals surface area (Å²) in [5, 5.41) is 7.46. The molecular weight excluding hydrogens is 374 g/mol. The molecule has 2 aromatic carbocycles. The highest BCUT2D eigenvalue weighted by atomic mass is 35.5. The van der Waals surface area contributed by atoms with Crippen LogP contribution in [0.25, 0.3) is 10.9 Å². The third-order valence-corrected chi connectivity index (χ3v) is 5.25. The van der Waals surface area contributed by atoms with Gasteiger partial charge in [0.05, 0.1) is 18.9 Å². The van der Waals surface area contributed by atoms with Crippen LogP contribution in [0.15, 0.2) is 59.7 Å². The van der Waals surface area contributed by atoms with E-state index in [1.54, 1.807) is 12.1 Å². The number of ether oxygens (including phenoxy) is 1. The van der Waals surface area contributed by atoms with Crippen LogP contribution in [0.2, 0.25) is 5.15 Å². The number of nitrogens with zero attached hydrogens (tertiary/aromatic N) is 3. The van der Waals surface area contributed by atoms with Crippen LogP contribution < -0.4 is 4.74 Å². The monoisotopic (exact) mass is 393 g/mol. The highest BCUT2D eigenvalue weighted by molar-refractivity contribution is 6.30. The van der Waals surface area contributed by atoms with Crippen molar-refractivity contribution in [2.45, 2.75) is 25.8 Å². The molecule has 0 saturated heterocycles. The summed E-state index contributed by atoms with van der Waals surface area (Å²) in [6.45, 7) is 1.83. The maximum atomic E-state index is 12.6. The van der Waals surface area contributed by atoms with E-state index in [9.17, 15) is 4.79 Å². The van der Waals surface area contributed by atoms with Crippen LogP contribution in [0.4, 0.5) is 0 Å². The molecule has 0 fully saturated rings. The highest BCUT2D eigenvalue weighted by Crippen LogP contribution is 2.38. The number of amides is 1. The number of aromatic nitrogens is 1. The molecule has 1 amide bonds. The first-order chi connectivity index (χ1) is 13.6. The lowest BCUT2D eigenvalue weighted by Gasteiger charge is -2.22. The van der Waals surface area contributed by atoms with Gasteiger partial charge in [0.1, 0.15) is 16.4 Å². The fourth-order valence-corrected chi connectivity index (χ4v) is 3.78. The van der Waals surface area contributed by atoms with E-state index in [2.05, 4.69) is 10.1 Å². The number of hydrogen-bond acceptors (Lipinski definition) is 4. The fraction of sp³-hybridized carbons (Fsp3) is 0.227. The predicted molar refractivity (Wildman–Crippen MR) is 111 cm³/mol. The topological polar surface area (TPSA) is 54.8 Å². The minimum Gasteiger partial charge on any atom is -0.494 e. The van der Waals surface area contributed by atoms with Crippen molar-refractivity contribution in [3.05, 3.63) is 70.9 Å². The van der Waals surface area contributed by atoms with Gasteiger partial charge in [-0.05, 0) is 17.7 Å². The molecule has 28 heavy (non-hydrogen) atoms. The third kappa shape index (κ3) is 3.22. The zero-order chi connectivity index (χ0) is 19.7. The van der Waals surface area contributed by atoms with Crippen molar-refractivity contribution in [1.29, 1.82) is 0 Å². The van der Waals surface area contributed by atoms with Crippen molar-refractivity contribution >= 4 is 34.1 Å². The number of fused-ring (bicyclic) bond motifs is 1. The van der Waals surface area contributed by atoms with E-state index in [1.165, 1.54) is 0 Å². The SMILES string of the molecule is CCC(=O)N1N=C(c2ccccc2)CC1c1cc2cccc(OC)c2nc1Cl. The van der Waals surface area contributed by atoms with Gasteiger partial charge in [-0.2, -0.15) is 5.10 Å². The molecule has 0 aliphatic carbocycles. The first-order valence-corrected chi connectivity index (χ1v) is 9.58. The molecule has 5 nitrogen and oxygen atoms in total. The Labute approximate surface area is 168 Å². The smallest absolute Gasteiger partial charge is 0.242 e. The average molecular weight is 394 g/mol. The molecule has 0 N–H and O–H groups in total. The maximum Gasteiger partial charge on any atom is 0.242 e. The number of rotatable bonds is 4. The Morgan fingerprint density at radius 3 is 2.71 bits per heavy atom. The molecule has 4 rings (SSSR count). The van der Waals surface area contributed by atoms with Crippen LogP contribution in [0.1, 0.15) is 36.9 Å². The zero-order valence-electron chi connectivity index (χ0n) is 15.7. The Balaban J connectivity index is 1.79. The lowest BCUT2D eigenvalue weighted by Crippen LogP contribution is -2.26. The quantitative estimate of drug-likeness (QED) is 0.587. The molecule has 0 bridgehead atoms. The van der Waals surface area contributed by atoms with Crippen LogP contribution >= 0.6 is 11.6 Å². The summed E-state index contributed by atoms with van der Waals surface area (Å²) in [6, 6.07) is 17.3. The van der Waals surface area contributed by atoms with Gasteiger partial charge in [0, 0.05) is 23.8 Å². The summed E-state index contributed by atoms with van der Waals surface area (Å²) in [5.41, 5.74) is 3.37. The van der Waals surface area contributed by atoms with Crippen molar-refractivity contribution in [3.63, 3.8) is 0 Å². The molecule has 0 spiro atoms. The van der Waals surface area contributed by atoms with Crippen molar-refractivity contribution < 1.29 is 9.53 Å². The largest absolute Gasteiger partial charge is 0.494 e. The van der Waals surface area contributed by atoms with Gasteiger partial charge in [0.25, 0.3) is 0 Å². The molecule has 2 heterocycles. The third-order valence-electron chi connectivity index (χ3n) is 4.94. The standard InChI is InChI=1S/C22H20ClN3O2/c1-3-20(27)26-18(13-17(25-26)14-8-5-4-6-9-14)16-12-15-10-7-11-19(28-2)21(15)24-22(16)23/h4-12,18H,3,13H2,1-2H3. The summed E-state index contributed by atoms with van der Waals surface area (Å²) in [7, 11) is 1.61. The zero-order valence-corrected chi connectivity index (χ0v) is 16.5. The van der Waals surface area contributed by atoms with Gasteiger partial charge in [-0.15, -0.1) is 0 Å². The Bertz CT molecular complexity index is 1070. The average Bonchev–Trinajstić information content (AvgIpc) is 3.18. The summed E-state index contributed by atoms with van der Waals surface area (Å²) < 4.78 is 5.39. The van der Waals surface area contributed by atoms with Gasteiger partial charge >= 0.3 is 0 Å². The van der Waals surface area contributed by atoms with Gasteiger partial charge in [0.15, 0.2) is 0 Å². The second kappa shape index (κ2) is 7.60. The first kappa shape index (κ1) is 18.4. The van der Waals surface area contributed by atoms with Crippen LogP contribution in [-0.4, -0.2) is 28.7 Å². The summed E-state index contributed by atoms with van der Waals surface area (Å²) in [6.07, 6.45) is 0.959. The number of hydrogen-bond donors (Lipinski definition) is 0. The molecule has 6 heteroatoms. The van der Waals surface area contributed by atoms with Crippen LogP contribution in [0.3, 0.4) is 0 Å². The normalized spacial score (nSPS) is 16.3. The number of carbonyl (C=O) groups excluding carboxylic acids is 1. The van der Waals surface area contributed by atoms with E-state index in [0.717, 1.165) is 22.2 Å². The lowest BCUT2D eigenvalue weighted by atomic mass is 9.98. The number of para-hydroxylation sites is 1. The van der Waals surface area contributed by atoms with Crippen LogP contribution in [-0.2, 0) is 4.79 Å². The number of methoxy groups -OCH3 is 1. The molecule has 3 aromatic rings. The predicted octanol–water partition coefficient (Wildman–Crippen LogP) is 4.98. The minimum atomic E-state index is -0.279. The molecule has 1 unspecified atom stereocenters. The number of carbonyl (C=O) groups is 1. The Morgan fingerprint density at radius 1 is 1.21 bits per heavy atom. The van der Waals surface area contributed by atoms with Gasteiger partial charge in [-0.3, -0.25) is 4.79 Å². The van der Waals surface area contributed by atoms with Crippen molar-refractivity contribution in [1.82, 2.24) is 9.99 Å². The Hall–Kier alpha value is -2.92. The van der Waals surface area contributed by atoms with E-state index >= 15 is 0 Å². The fourth-order valence-electron chi connectivity index (χ4n) is 3.51. The van der Waals surface area contributed by atoms with Gasteiger partial charge in [-0.25, -0.2) is 9.99 Å². The molecular formula is C22H20ClN3O2. The summed E-state index contributed by atoms with van der Waals surface area (Å²) >= 11 is 6.56. The second-order valence-electron chi connectivity index (χ2n) is 6.62. The second-order valence-corrected chi connectivity index (χ2v) is 6.98. The van der Waals surface area contributed by atoms with Crippen LogP contribution in [0, 0.1) is 0 Å². The highest BCUT2D eigenvalue weighted by Gasteiger charge is 2.34. The Morgan fingerprint density at radius 2 is 2.00 bits per heavy atom. The van der Waals surface area contributed by atoms with Crippen molar-refractivity contribution in [3.8, 4) is 5.75 Å². The number of benzene rings is 2. The number of hydrazone groups is 1. The van der Waals surface area contributed by atoms with E-state index in [1.807, 2.05) is 61.5 Å². The molecule has 1 aliphatic heterocycles. The van der Waals surface area contributed by atoms with Crippen molar-refractivity contribution in [2.75, 3.05) is 7.11 Å². The molecule has 1 aromatic heterocycles. The van der Waals surface area contributed by atoms with Gasteiger partial charge in [0.2, 0.25) is 5.91 Å². The molecule has 0 radical (unpaired) electrons.